The summed E-state index contributed by atoms with van der Waals surface area (Å²) in [6, 6.07) is 5.39. The molecular weight excluding hydrogens is 215 g/mol. The van der Waals surface area contributed by atoms with Crippen molar-refractivity contribution in [2.24, 2.45) is 5.73 Å². The maximum Gasteiger partial charge on any atom is 0.146 e. The summed E-state index contributed by atoms with van der Waals surface area (Å²) >= 11 is 5.72. The number of nitrogens with one attached hydrogen (secondary N) is 1. The van der Waals surface area contributed by atoms with Crippen LogP contribution >= 0.6 is 11.6 Å². The van der Waals surface area contributed by atoms with Gasteiger partial charge in [-0.05, 0) is 18.9 Å². The highest BCUT2D eigenvalue weighted by molar-refractivity contribution is 6.30. The molecule has 0 saturated heterocycles. The summed E-state index contributed by atoms with van der Waals surface area (Å²) in [4.78, 5) is 0. The van der Waals surface area contributed by atoms with E-state index >= 15 is 0 Å². The second-order valence-corrected chi connectivity index (χ2v) is 4.28. The van der Waals surface area contributed by atoms with E-state index in [1.54, 1.807) is 18.2 Å². The molecule has 0 amide bonds. The van der Waals surface area contributed by atoms with Crippen molar-refractivity contribution in [2.75, 3.05) is 6.54 Å². The van der Waals surface area contributed by atoms with Crippen LogP contribution < -0.4 is 11.1 Å². The van der Waals surface area contributed by atoms with Crippen molar-refractivity contribution in [3.8, 4) is 0 Å². The molecule has 82 valence electrons. The summed E-state index contributed by atoms with van der Waals surface area (Å²) in [7, 11) is 0. The fraction of sp³-hybridized carbons (Fsp3) is 0.455. The summed E-state index contributed by atoms with van der Waals surface area (Å²) in [6.07, 6.45) is 2.30. The number of hydrogen-bond donors (Lipinski definition) is 2. The van der Waals surface area contributed by atoms with E-state index in [2.05, 4.69) is 5.32 Å². The molecule has 2 nitrogen and oxygen atoms in total. The van der Waals surface area contributed by atoms with Crippen molar-refractivity contribution in [1.82, 2.24) is 5.32 Å². The SMILES string of the molecule is NCC(NC1CC1)c1cccc(Cl)c1F. The molecule has 0 bridgehead atoms. The van der Waals surface area contributed by atoms with Crippen molar-refractivity contribution < 1.29 is 4.39 Å². The van der Waals surface area contributed by atoms with Gasteiger partial charge in [0.05, 0.1) is 5.02 Å². The number of benzene rings is 1. The van der Waals surface area contributed by atoms with Gasteiger partial charge in [-0.2, -0.15) is 0 Å². The van der Waals surface area contributed by atoms with E-state index in [0.29, 0.717) is 18.2 Å². The van der Waals surface area contributed by atoms with Gasteiger partial charge in [0.1, 0.15) is 5.82 Å². The molecule has 15 heavy (non-hydrogen) atoms. The second-order valence-electron chi connectivity index (χ2n) is 3.87. The molecule has 1 saturated carbocycles. The largest absolute Gasteiger partial charge is 0.329 e. The minimum Gasteiger partial charge on any atom is -0.329 e. The lowest BCUT2D eigenvalue weighted by atomic mass is 10.1. The van der Waals surface area contributed by atoms with Gasteiger partial charge in [0, 0.05) is 24.2 Å². The van der Waals surface area contributed by atoms with E-state index in [4.69, 9.17) is 17.3 Å². The van der Waals surface area contributed by atoms with Crippen LogP contribution in [0.15, 0.2) is 18.2 Å². The molecule has 2 rings (SSSR count). The van der Waals surface area contributed by atoms with Crippen LogP contribution in [-0.4, -0.2) is 12.6 Å². The molecule has 1 aliphatic rings. The van der Waals surface area contributed by atoms with Crippen LogP contribution in [0, 0.1) is 5.82 Å². The van der Waals surface area contributed by atoms with Crippen molar-refractivity contribution >= 4 is 11.6 Å². The molecule has 1 aromatic rings. The number of halogens is 2. The van der Waals surface area contributed by atoms with Crippen LogP contribution in [0.25, 0.3) is 0 Å². The van der Waals surface area contributed by atoms with Crippen molar-refractivity contribution in [2.45, 2.75) is 24.9 Å². The standard InChI is InChI=1S/C11H14ClFN2/c12-9-3-1-2-8(11(9)13)10(6-14)15-7-4-5-7/h1-3,7,10,15H,4-6,14H2. The first-order valence-electron chi connectivity index (χ1n) is 5.12. The normalized spacial score (nSPS) is 17.8. The Bertz CT molecular complexity index is 352. The number of hydrogen-bond acceptors (Lipinski definition) is 2. The van der Waals surface area contributed by atoms with Gasteiger partial charge in [0.15, 0.2) is 0 Å². The van der Waals surface area contributed by atoms with Gasteiger partial charge in [0.25, 0.3) is 0 Å². The fourth-order valence-electron chi connectivity index (χ4n) is 1.61. The minimum atomic E-state index is -0.359. The van der Waals surface area contributed by atoms with Crippen LogP contribution in [0.2, 0.25) is 5.02 Å². The first kappa shape index (κ1) is 10.9. The molecule has 1 atom stereocenters. The summed E-state index contributed by atoms with van der Waals surface area (Å²) in [6.45, 7) is 0.383. The van der Waals surface area contributed by atoms with E-state index in [1.807, 2.05) is 0 Å². The Labute approximate surface area is 93.6 Å². The van der Waals surface area contributed by atoms with Crippen LogP contribution in [0.5, 0.6) is 0 Å². The maximum absolute atomic E-state index is 13.7. The molecule has 1 unspecified atom stereocenters. The molecule has 1 fully saturated rings. The van der Waals surface area contributed by atoms with Crippen LogP contribution in [0.3, 0.4) is 0 Å². The van der Waals surface area contributed by atoms with E-state index in [1.165, 1.54) is 0 Å². The predicted molar refractivity (Wildman–Crippen MR) is 59.4 cm³/mol. The first-order chi connectivity index (χ1) is 7.22. The third-order valence-corrected chi connectivity index (χ3v) is 2.90. The van der Waals surface area contributed by atoms with E-state index in [0.717, 1.165) is 12.8 Å². The monoisotopic (exact) mass is 228 g/mol. The summed E-state index contributed by atoms with van der Waals surface area (Å²) in [5, 5.41) is 3.46. The number of rotatable bonds is 4. The molecule has 1 aromatic carbocycles. The summed E-state index contributed by atoms with van der Waals surface area (Å²) in [5.74, 6) is -0.359. The van der Waals surface area contributed by atoms with Gasteiger partial charge < -0.3 is 11.1 Å². The molecule has 1 aliphatic carbocycles. The van der Waals surface area contributed by atoms with Crippen LogP contribution in [0.4, 0.5) is 4.39 Å². The summed E-state index contributed by atoms with van der Waals surface area (Å²) < 4.78 is 13.7. The average Bonchev–Trinajstić information content (AvgIpc) is 3.03. The van der Waals surface area contributed by atoms with E-state index < -0.39 is 0 Å². The molecule has 0 spiro atoms. The highest BCUT2D eigenvalue weighted by Crippen LogP contribution is 2.27. The van der Waals surface area contributed by atoms with Gasteiger partial charge in [0.2, 0.25) is 0 Å². The van der Waals surface area contributed by atoms with Gasteiger partial charge in [-0.25, -0.2) is 4.39 Å². The fourth-order valence-corrected chi connectivity index (χ4v) is 1.79. The lowest BCUT2D eigenvalue weighted by molar-refractivity contribution is 0.504. The van der Waals surface area contributed by atoms with Gasteiger partial charge in [-0.15, -0.1) is 0 Å². The minimum absolute atomic E-state index is 0.129. The Hall–Kier alpha value is -0.640. The third-order valence-electron chi connectivity index (χ3n) is 2.61. The Morgan fingerprint density at radius 1 is 1.53 bits per heavy atom. The average molecular weight is 229 g/mol. The highest BCUT2D eigenvalue weighted by Gasteiger charge is 2.26. The zero-order valence-corrected chi connectivity index (χ0v) is 9.10. The van der Waals surface area contributed by atoms with Crippen molar-refractivity contribution in [3.05, 3.63) is 34.6 Å². The molecule has 4 heteroatoms. The molecule has 0 aromatic heterocycles. The van der Waals surface area contributed by atoms with Gasteiger partial charge in [-0.1, -0.05) is 23.7 Å². The Morgan fingerprint density at radius 2 is 2.27 bits per heavy atom. The lowest BCUT2D eigenvalue weighted by Gasteiger charge is -2.17. The van der Waals surface area contributed by atoms with Crippen molar-refractivity contribution in [1.29, 1.82) is 0 Å². The molecule has 3 N–H and O–H groups in total. The third kappa shape index (κ3) is 2.48. The Balaban J connectivity index is 2.20. The van der Waals surface area contributed by atoms with Gasteiger partial charge in [-0.3, -0.25) is 0 Å². The van der Waals surface area contributed by atoms with Gasteiger partial charge >= 0.3 is 0 Å². The topological polar surface area (TPSA) is 38.0 Å². The highest BCUT2D eigenvalue weighted by atomic mass is 35.5. The molecule has 0 radical (unpaired) electrons. The second kappa shape index (κ2) is 4.47. The number of nitrogens with two attached hydrogens (primary N) is 1. The predicted octanol–water partition coefficient (Wildman–Crippen LogP) is 2.23. The van der Waals surface area contributed by atoms with Crippen molar-refractivity contribution in [3.63, 3.8) is 0 Å². The van der Waals surface area contributed by atoms with Crippen LogP contribution in [-0.2, 0) is 0 Å². The summed E-state index contributed by atoms with van der Waals surface area (Å²) in [5.41, 5.74) is 6.19. The zero-order chi connectivity index (χ0) is 10.8. The molecule has 0 heterocycles. The first-order valence-corrected chi connectivity index (χ1v) is 5.50. The zero-order valence-electron chi connectivity index (χ0n) is 8.34. The molecule has 0 aliphatic heterocycles. The molecular formula is C11H14ClFN2. The lowest BCUT2D eigenvalue weighted by Crippen LogP contribution is -2.30. The quantitative estimate of drug-likeness (QED) is 0.830. The Kier molecular flexibility index (Phi) is 3.24. The van der Waals surface area contributed by atoms with E-state index in [-0.39, 0.29) is 16.9 Å². The maximum atomic E-state index is 13.7. The smallest absolute Gasteiger partial charge is 0.146 e. The van der Waals surface area contributed by atoms with Crippen LogP contribution in [0.1, 0.15) is 24.4 Å². The Morgan fingerprint density at radius 3 is 2.87 bits per heavy atom. The van der Waals surface area contributed by atoms with E-state index in [9.17, 15) is 4.39 Å².